The molecule has 2 aromatic carbocycles. The molecule has 0 spiro atoms. The number of carbonyl (C=O) groups is 2. The van der Waals surface area contributed by atoms with Gasteiger partial charge in [-0.05, 0) is 59.3 Å². The third-order valence-electron chi connectivity index (χ3n) is 5.63. The number of nitrogens with zero attached hydrogens (tertiary/aromatic N) is 2. The first-order valence-electron chi connectivity index (χ1n) is 10.4. The van der Waals surface area contributed by atoms with Crippen molar-refractivity contribution in [1.29, 1.82) is 0 Å². The highest BCUT2D eigenvalue weighted by Crippen LogP contribution is 2.38. The number of hydrogen-bond donors (Lipinski definition) is 1. The van der Waals surface area contributed by atoms with Gasteiger partial charge in [-0.3, -0.25) is 14.6 Å². The molecule has 1 unspecified atom stereocenters. The van der Waals surface area contributed by atoms with Gasteiger partial charge >= 0.3 is 0 Å². The number of hydrogen-bond acceptors (Lipinski definition) is 4. The van der Waals surface area contributed by atoms with Crippen molar-refractivity contribution in [2.45, 2.75) is 12.5 Å². The van der Waals surface area contributed by atoms with Gasteiger partial charge in [0.05, 0.1) is 11.6 Å². The fourth-order valence-corrected chi connectivity index (χ4v) is 5.03. The molecule has 0 saturated heterocycles. The minimum Gasteiger partial charge on any atom is -0.327 e. The summed E-state index contributed by atoms with van der Waals surface area (Å²) in [5, 5.41) is 4.96. The van der Waals surface area contributed by atoms with Crippen molar-refractivity contribution in [2.75, 3.05) is 11.9 Å². The highest BCUT2D eigenvalue weighted by Gasteiger charge is 2.33. The zero-order valence-electron chi connectivity index (χ0n) is 17.3. The maximum absolute atomic E-state index is 13.6. The average molecular weight is 440 g/mol. The minimum atomic E-state index is -0.259. The van der Waals surface area contributed by atoms with Gasteiger partial charge < -0.3 is 10.2 Å². The minimum absolute atomic E-state index is 0.0480. The number of benzene rings is 2. The quantitative estimate of drug-likeness (QED) is 0.476. The van der Waals surface area contributed by atoms with Crippen molar-refractivity contribution in [3.8, 4) is 0 Å². The fourth-order valence-electron chi connectivity index (χ4n) is 4.13. The average Bonchev–Trinajstić information content (AvgIpc) is 3.33. The number of anilines is 1. The highest BCUT2D eigenvalue weighted by atomic mass is 32.1. The molecule has 2 amide bonds. The zero-order valence-corrected chi connectivity index (χ0v) is 18.1. The highest BCUT2D eigenvalue weighted by molar-refractivity contribution is 7.10. The lowest BCUT2D eigenvalue weighted by atomic mass is 9.92. The van der Waals surface area contributed by atoms with Crippen molar-refractivity contribution in [3.63, 3.8) is 0 Å². The summed E-state index contributed by atoms with van der Waals surface area (Å²) in [6.45, 7) is 0.651. The Morgan fingerprint density at radius 2 is 1.81 bits per heavy atom. The van der Waals surface area contributed by atoms with E-state index in [2.05, 4.69) is 33.9 Å². The summed E-state index contributed by atoms with van der Waals surface area (Å²) in [4.78, 5) is 33.4. The van der Waals surface area contributed by atoms with Gasteiger partial charge in [0, 0.05) is 35.1 Å². The summed E-state index contributed by atoms with van der Waals surface area (Å²) in [6.07, 6.45) is 3.98. The summed E-state index contributed by atoms with van der Waals surface area (Å²) in [6, 6.07) is 22.7. The van der Waals surface area contributed by atoms with Gasteiger partial charge in [0.25, 0.3) is 11.8 Å². The van der Waals surface area contributed by atoms with E-state index in [4.69, 9.17) is 0 Å². The molecule has 6 heteroatoms. The smallest absolute Gasteiger partial charge is 0.257 e. The van der Waals surface area contributed by atoms with E-state index in [1.165, 1.54) is 16.6 Å². The number of aromatic nitrogens is 1. The molecule has 0 radical (unpaired) electrons. The van der Waals surface area contributed by atoms with E-state index in [1.54, 1.807) is 53.9 Å². The SMILES string of the molecule is O=C(Nc1cccc(C(=O)N2CCc3sccc3C2c2ccccc2)c1)c1cccnc1. The number of pyridine rings is 1. The summed E-state index contributed by atoms with van der Waals surface area (Å²) >= 11 is 1.75. The van der Waals surface area contributed by atoms with Crippen LogP contribution in [-0.4, -0.2) is 28.2 Å². The maximum Gasteiger partial charge on any atom is 0.257 e. The molecule has 0 aliphatic carbocycles. The van der Waals surface area contributed by atoms with Crippen LogP contribution in [-0.2, 0) is 6.42 Å². The van der Waals surface area contributed by atoms with Crippen LogP contribution in [0.4, 0.5) is 5.69 Å². The van der Waals surface area contributed by atoms with Gasteiger partial charge in [0.15, 0.2) is 0 Å². The predicted octanol–water partition coefficient (Wildman–Crippen LogP) is 5.18. The molecular formula is C26H21N3O2S. The van der Waals surface area contributed by atoms with E-state index < -0.39 is 0 Å². The normalized spacial score (nSPS) is 15.1. The monoisotopic (exact) mass is 439 g/mol. The second-order valence-electron chi connectivity index (χ2n) is 7.64. The Balaban J connectivity index is 1.43. The van der Waals surface area contributed by atoms with Crippen LogP contribution in [0.15, 0.2) is 90.6 Å². The molecule has 1 N–H and O–H groups in total. The predicted molar refractivity (Wildman–Crippen MR) is 126 cm³/mol. The van der Waals surface area contributed by atoms with Crippen LogP contribution < -0.4 is 5.32 Å². The molecular weight excluding hydrogens is 418 g/mol. The van der Waals surface area contributed by atoms with Crippen LogP contribution in [0, 0.1) is 0 Å². The third-order valence-corrected chi connectivity index (χ3v) is 6.63. The lowest BCUT2D eigenvalue weighted by Crippen LogP contribution is -2.40. The number of nitrogens with one attached hydrogen (secondary N) is 1. The molecule has 32 heavy (non-hydrogen) atoms. The molecule has 0 bridgehead atoms. The number of carbonyl (C=O) groups excluding carboxylic acids is 2. The Morgan fingerprint density at radius 1 is 0.969 bits per heavy atom. The van der Waals surface area contributed by atoms with Crippen LogP contribution in [0.25, 0.3) is 0 Å². The second-order valence-corrected chi connectivity index (χ2v) is 8.64. The van der Waals surface area contributed by atoms with Crippen molar-refractivity contribution in [1.82, 2.24) is 9.88 Å². The molecule has 3 heterocycles. The topological polar surface area (TPSA) is 62.3 Å². The summed E-state index contributed by atoms with van der Waals surface area (Å²) in [7, 11) is 0. The van der Waals surface area contributed by atoms with Gasteiger partial charge in [-0.2, -0.15) is 0 Å². The first-order chi connectivity index (χ1) is 15.7. The molecule has 0 saturated carbocycles. The van der Waals surface area contributed by atoms with Crippen molar-refractivity contribution >= 4 is 28.8 Å². The van der Waals surface area contributed by atoms with E-state index in [9.17, 15) is 9.59 Å². The number of fused-ring (bicyclic) bond motifs is 1. The van der Waals surface area contributed by atoms with Gasteiger partial charge in [0.1, 0.15) is 0 Å². The molecule has 158 valence electrons. The van der Waals surface area contributed by atoms with E-state index in [0.717, 1.165) is 12.0 Å². The lowest BCUT2D eigenvalue weighted by Gasteiger charge is -2.36. The second kappa shape index (κ2) is 8.77. The molecule has 1 aliphatic heterocycles. The van der Waals surface area contributed by atoms with Crippen molar-refractivity contribution < 1.29 is 9.59 Å². The van der Waals surface area contributed by atoms with Crippen molar-refractivity contribution in [2.24, 2.45) is 0 Å². The molecule has 5 rings (SSSR count). The Labute approximate surface area is 190 Å². The van der Waals surface area contributed by atoms with Crippen LogP contribution in [0.5, 0.6) is 0 Å². The van der Waals surface area contributed by atoms with Gasteiger partial charge in [-0.1, -0.05) is 36.4 Å². The van der Waals surface area contributed by atoms with Crippen LogP contribution in [0.1, 0.15) is 42.8 Å². The molecule has 1 atom stereocenters. The van der Waals surface area contributed by atoms with E-state index >= 15 is 0 Å². The van der Waals surface area contributed by atoms with Crippen LogP contribution >= 0.6 is 11.3 Å². The number of amides is 2. The van der Waals surface area contributed by atoms with Gasteiger partial charge in [-0.25, -0.2) is 0 Å². The summed E-state index contributed by atoms with van der Waals surface area (Å²) in [5.41, 5.74) is 3.89. The largest absolute Gasteiger partial charge is 0.327 e. The molecule has 2 aromatic heterocycles. The third kappa shape index (κ3) is 3.92. The first kappa shape index (κ1) is 20.2. The summed E-state index contributed by atoms with van der Waals surface area (Å²) in [5.74, 6) is -0.307. The van der Waals surface area contributed by atoms with Gasteiger partial charge in [0.2, 0.25) is 0 Å². The Bertz CT molecular complexity index is 1250. The Hall–Kier alpha value is -3.77. The summed E-state index contributed by atoms with van der Waals surface area (Å²) < 4.78 is 0. The number of thiophene rings is 1. The van der Waals surface area contributed by atoms with Crippen molar-refractivity contribution in [3.05, 3.63) is 118 Å². The lowest BCUT2D eigenvalue weighted by molar-refractivity contribution is 0.0696. The maximum atomic E-state index is 13.6. The Kier molecular flexibility index (Phi) is 5.52. The first-order valence-corrected chi connectivity index (χ1v) is 11.3. The van der Waals surface area contributed by atoms with Crippen LogP contribution in [0.3, 0.4) is 0 Å². The molecule has 5 nitrogen and oxygen atoms in total. The Morgan fingerprint density at radius 3 is 2.62 bits per heavy atom. The van der Waals surface area contributed by atoms with Crippen LogP contribution in [0.2, 0.25) is 0 Å². The zero-order chi connectivity index (χ0) is 21.9. The standard InChI is InChI=1S/C26H21N3O2S/c30-25(20-9-5-13-27-17-20)28-21-10-4-8-19(16-21)26(31)29-14-11-23-22(12-15-32-23)24(29)18-6-2-1-3-7-18/h1-10,12-13,15-17,24H,11,14H2,(H,28,30). The van der Waals surface area contributed by atoms with Gasteiger partial charge in [-0.15, -0.1) is 11.3 Å². The molecule has 1 aliphatic rings. The number of rotatable bonds is 4. The fraction of sp³-hybridized carbons (Fsp3) is 0.115. The van der Waals surface area contributed by atoms with E-state index in [0.29, 0.717) is 23.4 Å². The van der Waals surface area contributed by atoms with E-state index in [-0.39, 0.29) is 17.9 Å². The van der Waals surface area contributed by atoms with E-state index in [1.807, 2.05) is 23.1 Å². The molecule has 0 fully saturated rings. The molecule has 4 aromatic rings.